The Morgan fingerprint density at radius 2 is 1.69 bits per heavy atom. The van der Waals surface area contributed by atoms with E-state index in [-0.39, 0.29) is 21.4 Å². The van der Waals surface area contributed by atoms with Crippen molar-refractivity contribution in [2.45, 2.75) is 29.7 Å². The summed E-state index contributed by atoms with van der Waals surface area (Å²) in [5.74, 6) is -0.921. The molecule has 1 aliphatic heterocycles. The van der Waals surface area contributed by atoms with Gasteiger partial charge in [-0.2, -0.15) is 8.42 Å². The van der Waals surface area contributed by atoms with E-state index >= 15 is 0 Å². The average molecular weight is 397 g/mol. The molecule has 0 radical (unpaired) electrons. The number of nitrogens with one attached hydrogen (secondary N) is 1. The highest BCUT2D eigenvalue weighted by Gasteiger charge is 2.37. The Hall–Kier alpha value is -2.46. The first-order valence-corrected chi connectivity index (χ1v) is 10.5. The van der Waals surface area contributed by atoms with Gasteiger partial charge in [0.2, 0.25) is 5.96 Å². The Morgan fingerprint density at radius 1 is 1.08 bits per heavy atom. The number of para-hydroxylation sites is 1. The van der Waals surface area contributed by atoms with Gasteiger partial charge >= 0.3 is 0 Å². The van der Waals surface area contributed by atoms with Crippen molar-refractivity contribution in [2.24, 2.45) is 4.40 Å². The molecular formula is C16H16FN3O4S2. The van der Waals surface area contributed by atoms with Crippen LogP contribution in [0, 0.1) is 5.82 Å². The molecule has 138 valence electrons. The monoisotopic (exact) mass is 397 g/mol. The number of hydrogen-bond acceptors (Lipinski definition) is 4. The fourth-order valence-electron chi connectivity index (χ4n) is 2.55. The van der Waals surface area contributed by atoms with Crippen LogP contribution in [0.4, 0.5) is 10.1 Å². The highest BCUT2D eigenvalue weighted by atomic mass is 32.2. The maximum atomic E-state index is 13.0. The third-order valence-corrected chi connectivity index (χ3v) is 6.97. The second kappa shape index (κ2) is 6.36. The normalized spacial score (nSPS) is 17.8. The van der Waals surface area contributed by atoms with Gasteiger partial charge in [0.1, 0.15) is 10.7 Å². The molecule has 10 heteroatoms. The summed E-state index contributed by atoms with van der Waals surface area (Å²) >= 11 is 0. The minimum atomic E-state index is -4.24. The molecule has 26 heavy (non-hydrogen) atoms. The van der Waals surface area contributed by atoms with Crippen LogP contribution in [-0.4, -0.2) is 33.1 Å². The quantitative estimate of drug-likeness (QED) is 0.858. The second-order valence-corrected chi connectivity index (χ2v) is 9.25. The molecule has 0 saturated carbocycles. The van der Waals surface area contributed by atoms with E-state index in [0.717, 1.165) is 28.6 Å². The molecular weight excluding hydrogens is 381 g/mol. The number of nitrogens with zero attached hydrogens (tertiary/aromatic N) is 2. The van der Waals surface area contributed by atoms with E-state index in [4.69, 9.17) is 0 Å². The third kappa shape index (κ3) is 3.17. The first-order chi connectivity index (χ1) is 12.1. The lowest BCUT2D eigenvalue weighted by Crippen LogP contribution is -2.48. The summed E-state index contributed by atoms with van der Waals surface area (Å²) < 4.78 is 68.4. The van der Waals surface area contributed by atoms with Gasteiger partial charge in [-0.25, -0.2) is 17.1 Å². The molecule has 0 atom stereocenters. The zero-order valence-electron chi connectivity index (χ0n) is 13.9. The van der Waals surface area contributed by atoms with Crippen molar-refractivity contribution in [3.05, 3.63) is 54.3 Å². The number of guanidine groups is 1. The fourth-order valence-corrected chi connectivity index (χ4v) is 5.28. The molecule has 0 aromatic heterocycles. The van der Waals surface area contributed by atoms with Gasteiger partial charge in [-0.3, -0.25) is 0 Å². The van der Waals surface area contributed by atoms with Crippen LogP contribution >= 0.6 is 0 Å². The maximum absolute atomic E-state index is 13.0. The number of sulfonamides is 2. The summed E-state index contributed by atoms with van der Waals surface area (Å²) in [5.41, 5.74) is 0.234. The number of halogens is 1. The Labute approximate surface area is 151 Å². The summed E-state index contributed by atoms with van der Waals surface area (Å²) in [6.45, 7) is 3.21. The van der Waals surface area contributed by atoms with Gasteiger partial charge in [0.05, 0.1) is 10.6 Å². The van der Waals surface area contributed by atoms with Crippen molar-refractivity contribution >= 4 is 31.7 Å². The van der Waals surface area contributed by atoms with Gasteiger partial charge in [0, 0.05) is 6.04 Å². The van der Waals surface area contributed by atoms with Crippen molar-refractivity contribution in [3.8, 4) is 0 Å². The second-order valence-electron chi connectivity index (χ2n) is 5.86. The number of hydrogen-bond donors (Lipinski definition) is 1. The van der Waals surface area contributed by atoms with Crippen LogP contribution < -0.4 is 5.32 Å². The molecule has 1 aliphatic rings. The van der Waals surface area contributed by atoms with Crippen molar-refractivity contribution in [2.75, 3.05) is 5.32 Å². The van der Waals surface area contributed by atoms with Gasteiger partial charge in [-0.15, -0.1) is 4.40 Å². The number of fused-ring (bicyclic) bond motifs is 1. The molecule has 0 unspecified atom stereocenters. The van der Waals surface area contributed by atoms with Gasteiger partial charge in [0.25, 0.3) is 20.0 Å². The van der Waals surface area contributed by atoms with Crippen LogP contribution in [0.2, 0.25) is 0 Å². The lowest BCUT2D eigenvalue weighted by Gasteiger charge is -2.34. The SMILES string of the molecule is CC(C)N1/C(=N/S(=O)(=O)c2ccc(F)cc2)Nc2ccccc2S1(=O)=O. The largest absolute Gasteiger partial charge is 0.323 e. The average Bonchev–Trinajstić information content (AvgIpc) is 2.54. The lowest BCUT2D eigenvalue weighted by atomic mass is 10.3. The number of benzene rings is 2. The van der Waals surface area contributed by atoms with Crippen molar-refractivity contribution < 1.29 is 21.2 Å². The molecule has 7 nitrogen and oxygen atoms in total. The van der Waals surface area contributed by atoms with Gasteiger partial charge in [0.15, 0.2) is 0 Å². The molecule has 1 N–H and O–H groups in total. The molecule has 0 fully saturated rings. The minimum absolute atomic E-state index is 0.0341. The maximum Gasteiger partial charge on any atom is 0.285 e. The highest BCUT2D eigenvalue weighted by molar-refractivity contribution is 7.91. The molecule has 0 aliphatic carbocycles. The number of anilines is 1. The van der Waals surface area contributed by atoms with E-state index in [2.05, 4.69) is 9.71 Å². The van der Waals surface area contributed by atoms with Gasteiger partial charge < -0.3 is 5.32 Å². The predicted octanol–water partition coefficient (Wildman–Crippen LogP) is 2.40. The molecule has 0 spiro atoms. The van der Waals surface area contributed by atoms with Crippen LogP contribution in [0.5, 0.6) is 0 Å². The van der Waals surface area contributed by atoms with Crippen LogP contribution in [0.1, 0.15) is 13.8 Å². The van der Waals surface area contributed by atoms with Crippen LogP contribution in [0.3, 0.4) is 0 Å². The molecule has 2 aromatic rings. The van der Waals surface area contributed by atoms with E-state index in [1.807, 2.05) is 0 Å². The zero-order chi connectivity index (χ0) is 19.1. The topological polar surface area (TPSA) is 95.9 Å². The van der Waals surface area contributed by atoms with Crippen LogP contribution in [-0.2, 0) is 20.0 Å². The predicted molar refractivity (Wildman–Crippen MR) is 95.2 cm³/mol. The van der Waals surface area contributed by atoms with Crippen LogP contribution in [0.25, 0.3) is 0 Å². The summed E-state index contributed by atoms with van der Waals surface area (Å²) in [6, 6.07) is 9.69. The number of rotatable bonds is 3. The molecule has 3 rings (SSSR count). The van der Waals surface area contributed by atoms with Crippen molar-refractivity contribution in [1.82, 2.24) is 4.31 Å². The molecule has 1 heterocycles. The smallest absolute Gasteiger partial charge is 0.285 e. The van der Waals surface area contributed by atoms with E-state index in [1.165, 1.54) is 12.1 Å². The Kier molecular flexibility index (Phi) is 4.49. The Morgan fingerprint density at radius 3 is 2.31 bits per heavy atom. The summed E-state index contributed by atoms with van der Waals surface area (Å²) in [5, 5.41) is 2.76. The van der Waals surface area contributed by atoms with Crippen molar-refractivity contribution in [1.29, 1.82) is 0 Å². The van der Waals surface area contributed by atoms with E-state index in [0.29, 0.717) is 0 Å². The summed E-state index contributed by atoms with van der Waals surface area (Å²) in [4.78, 5) is -0.208. The first-order valence-electron chi connectivity index (χ1n) is 7.64. The molecule has 2 aromatic carbocycles. The van der Waals surface area contributed by atoms with Gasteiger partial charge in [-0.05, 0) is 50.2 Å². The summed E-state index contributed by atoms with van der Waals surface area (Å²) in [6.07, 6.45) is 0. The van der Waals surface area contributed by atoms with Crippen LogP contribution in [0.15, 0.2) is 62.7 Å². The van der Waals surface area contributed by atoms with Crippen molar-refractivity contribution in [3.63, 3.8) is 0 Å². The molecule has 0 amide bonds. The summed E-state index contributed by atoms with van der Waals surface area (Å²) in [7, 11) is -8.22. The van der Waals surface area contributed by atoms with E-state index < -0.39 is 31.9 Å². The fraction of sp³-hybridized carbons (Fsp3) is 0.188. The lowest BCUT2D eigenvalue weighted by molar-refractivity contribution is 0.467. The Balaban J connectivity index is 2.17. The third-order valence-electron chi connectivity index (χ3n) is 3.67. The highest BCUT2D eigenvalue weighted by Crippen LogP contribution is 2.31. The Bertz CT molecular complexity index is 1080. The van der Waals surface area contributed by atoms with E-state index in [1.54, 1.807) is 26.0 Å². The van der Waals surface area contributed by atoms with Gasteiger partial charge in [-0.1, -0.05) is 12.1 Å². The minimum Gasteiger partial charge on any atom is -0.323 e. The molecule has 0 bridgehead atoms. The standard InChI is InChI=1S/C16H16FN3O4S2/c1-11(2)20-16(18-14-5-3-4-6-15(14)26(20,23)24)19-25(21,22)13-9-7-12(17)8-10-13/h3-11H,1-2H3,(H,18,19). The zero-order valence-corrected chi connectivity index (χ0v) is 15.6. The molecule has 0 saturated heterocycles. The first kappa shape index (κ1) is 18.3. The van der Waals surface area contributed by atoms with E-state index in [9.17, 15) is 21.2 Å².